The fourth-order valence-electron chi connectivity index (χ4n) is 3.41. The average Bonchev–Trinajstić information content (AvgIpc) is 3.06. The van der Waals surface area contributed by atoms with Gasteiger partial charge in [-0.1, -0.05) is 44.7 Å². The van der Waals surface area contributed by atoms with E-state index in [1.54, 1.807) is 17.4 Å². The molecule has 0 spiro atoms. The number of primary amides is 1. The quantitative estimate of drug-likeness (QED) is 0.506. The minimum Gasteiger partial charge on any atom is -0.410 e. The molecule has 1 aromatic heterocycles. The molecular formula is C20H26ClNO2S. The van der Waals surface area contributed by atoms with Crippen LogP contribution in [0.2, 0.25) is 5.02 Å². The number of unbranched alkanes of at least 4 members (excludes halogenated alkanes) is 2. The van der Waals surface area contributed by atoms with Crippen molar-refractivity contribution in [2.24, 2.45) is 5.73 Å². The molecule has 0 bridgehead atoms. The third-order valence-corrected chi connectivity index (χ3v) is 5.61. The second-order valence-electron chi connectivity index (χ2n) is 6.30. The van der Waals surface area contributed by atoms with Crippen molar-refractivity contribution in [1.82, 2.24) is 0 Å². The topological polar surface area (TPSA) is 52.3 Å². The summed E-state index contributed by atoms with van der Waals surface area (Å²) in [5, 5.41) is 4.71. The molecule has 1 heterocycles. The lowest BCUT2D eigenvalue weighted by Crippen LogP contribution is -2.17. The van der Waals surface area contributed by atoms with Crippen LogP contribution in [0.3, 0.4) is 0 Å². The van der Waals surface area contributed by atoms with E-state index in [2.05, 4.69) is 20.8 Å². The van der Waals surface area contributed by atoms with E-state index in [9.17, 15) is 4.79 Å². The van der Waals surface area contributed by atoms with E-state index in [0.29, 0.717) is 16.7 Å². The lowest BCUT2D eigenvalue weighted by Gasteiger charge is -2.23. The molecule has 25 heavy (non-hydrogen) atoms. The van der Waals surface area contributed by atoms with Gasteiger partial charge in [-0.05, 0) is 59.2 Å². The van der Waals surface area contributed by atoms with E-state index < -0.39 is 6.09 Å². The molecule has 2 rings (SSSR count). The van der Waals surface area contributed by atoms with Crippen molar-refractivity contribution in [3.05, 3.63) is 39.0 Å². The SMILES string of the molecule is CCCCCC(CC)c1c(Cl)cc(OC(N)=O)c(-c2ccsc2)c1C. The number of carbonyl (C=O) groups is 1. The van der Waals surface area contributed by atoms with Crippen LogP contribution in [0.4, 0.5) is 4.79 Å². The molecule has 0 saturated heterocycles. The van der Waals surface area contributed by atoms with Gasteiger partial charge in [0.2, 0.25) is 0 Å². The lowest BCUT2D eigenvalue weighted by atomic mass is 9.85. The Kier molecular flexibility index (Phi) is 7.33. The van der Waals surface area contributed by atoms with Crippen LogP contribution < -0.4 is 10.5 Å². The molecule has 0 fully saturated rings. The summed E-state index contributed by atoms with van der Waals surface area (Å²) in [6.45, 7) is 6.47. The van der Waals surface area contributed by atoms with Gasteiger partial charge in [-0.2, -0.15) is 11.3 Å². The Morgan fingerprint density at radius 2 is 2.12 bits per heavy atom. The highest BCUT2D eigenvalue weighted by Crippen LogP contribution is 2.44. The van der Waals surface area contributed by atoms with Gasteiger partial charge in [0.05, 0.1) is 0 Å². The first-order chi connectivity index (χ1) is 12.0. The van der Waals surface area contributed by atoms with Crippen LogP contribution in [0.5, 0.6) is 5.75 Å². The largest absolute Gasteiger partial charge is 0.410 e. The molecule has 1 aromatic carbocycles. The standard InChI is InChI=1S/C20H26ClNO2S/c1-4-6-7-8-14(5-2)18-13(3)19(15-9-10-25-12-15)17(11-16(18)21)24-20(22)23/h9-12,14H,4-8H2,1-3H3,(H2,22,23). The maximum Gasteiger partial charge on any atom is 0.409 e. The van der Waals surface area contributed by atoms with Crippen LogP contribution in [0.25, 0.3) is 11.1 Å². The van der Waals surface area contributed by atoms with E-state index in [-0.39, 0.29) is 0 Å². The van der Waals surface area contributed by atoms with Crippen molar-refractivity contribution >= 4 is 29.0 Å². The summed E-state index contributed by atoms with van der Waals surface area (Å²) in [6.07, 6.45) is 4.95. The number of hydrogen-bond acceptors (Lipinski definition) is 3. The summed E-state index contributed by atoms with van der Waals surface area (Å²) in [5.74, 6) is 0.833. The number of hydrogen-bond donors (Lipinski definition) is 1. The molecule has 0 aliphatic rings. The summed E-state index contributed by atoms with van der Waals surface area (Å²) in [6, 6.07) is 3.76. The molecule has 1 unspecified atom stereocenters. The Bertz CT molecular complexity index is 713. The number of ether oxygens (including phenoxy) is 1. The Morgan fingerprint density at radius 1 is 1.36 bits per heavy atom. The fraction of sp³-hybridized carbons (Fsp3) is 0.450. The first-order valence-electron chi connectivity index (χ1n) is 8.82. The number of carbonyl (C=O) groups excluding carboxylic acids is 1. The molecule has 0 aliphatic heterocycles. The highest BCUT2D eigenvalue weighted by molar-refractivity contribution is 7.08. The smallest absolute Gasteiger partial charge is 0.409 e. The molecule has 5 heteroatoms. The molecule has 0 aliphatic carbocycles. The van der Waals surface area contributed by atoms with Crippen LogP contribution in [0.1, 0.15) is 63.0 Å². The van der Waals surface area contributed by atoms with Crippen LogP contribution in [-0.2, 0) is 0 Å². The van der Waals surface area contributed by atoms with Crippen LogP contribution in [0, 0.1) is 6.92 Å². The first kappa shape index (κ1) is 19.8. The zero-order chi connectivity index (χ0) is 18.4. The zero-order valence-corrected chi connectivity index (χ0v) is 16.7. The fourth-order valence-corrected chi connectivity index (χ4v) is 4.45. The highest BCUT2D eigenvalue weighted by atomic mass is 35.5. The number of rotatable bonds is 8. The molecule has 0 radical (unpaired) electrons. The first-order valence-corrected chi connectivity index (χ1v) is 10.1. The number of benzene rings is 1. The van der Waals surface area contributed by atoms with Gasteiger partial charge in [-0.25, -0.2) is 4.79 Å². The minimum atomic E-state index is -0.824. The van der Waals surface area contributed by atoms with Gasteiger partial charge >= 0.3 is 6.09 Å². The van der Waals surface area contributed by atoms with Crippen molar-refractivity contribution in [2.45, 2.75) is 58.8 Å². The predicted molar refractivity (Wildman–Crippen MR) is 107 cm³/mol. The Balaban J connectivity index is 2.54. The van der Waals surface area contributed by atoms with Gasteiger partial charge in [0.25, 0.3) is 0 Å². The Labute approximate surface area is 159 Å². The number of nitrogens with two attached hydrogens (primary N) is 1. The molecule has 3 nitrogen and oxygen atoms in total. The van der Waals surface area contributed by atoms with Crippen molar-refractivity contribution in [2.75, 3.05) is 0 Å². The Hall–Kier alpha value is -1.52. The van der Waals surface area contributed by atoms with Crippen molar-refractivity contribution < 1.29 is 9.53 Å². The number of halogens is 1. The minimum absolute atomic E-state index is 0.402. The van der Waals surface area contributed by atoms with Gasteiger partial charge in [0.15, 0.2) is 0 Å². The molecule has 1 amide bonds. The van der Waals surface area contributed by atoms with Gasteiger partial charge < -0.3 is 10.5 Å². The summed E-state index contributed by atoms with van der Waals surface area (Å²) >= 11 is 8.22. The zero-order valence-electron chi connectivity index (χ0n) is 15.1. The van der Waals surface area contributed by atoms with Crippen molar-refractivity contribution in [1.29, 1.82) is 0 Å². The van der Waals surface area contributed by atoms with Crippen LogP contribution >= 0.6 is 22.9 Å². The number of thiophene rings is 1. The molecule has 136 valence electrons. The van der Waals surface area contributed by atoms with Gasteiger partial charge in [0, 0.05) is 16.7 Å². The van der Waals surface area contributed by atoms with Crippen molar-refractivity contribution in [3.63, 3.8) is 0 Å². The van der Waals surface area contributed by atoms with E-state index >= 15 is 0 Å². The second kappa shape index (κ2) is 9.25. The third-order valence-electron chi connectivity index (χ3n) is 4.62. The van der Waals surface area contributed by atoms with E-state index in [4.69, 9.17) is 22.1 Å². The van der Waals surface area contributed by atoms with E-state index in [1.807, 2.05) is 16.8 Å². The summed E-state index contributed by atoms with van der Waals surface area (Å²) in [5.41, 5.74) is 9.43. The van der Waals surface area contributed by atoms with Crippen molar-refractivity contribution in [3.8, 4) is 16.9 Å². The normalized spacial score (nSPS) is 12.2. The second-order valence-corrected chi connectivity index (χ2v) is 7.49. The molecule has 2 N–H and O–H groups in total. The maximum atomic E-state index is 11.3. The summed E-state index contributed by atoms with van der Waals surface area (Å²) < 4.78 is 5.26. The monoisotopic (exact) mass is 379 g/mol. The molecular weight excluding hydrogens is 354 g/mol. The number of amides is 1. The highest BCUT2D eigenvalue weighted by Gasteiger charge is 2.23. The average molecular weight is 380 g/mol. The molecule has 0 saturated carbocycles. The summed E-state index contributed by atoms with van der Waals surface area (Å²) in [7, 11) is 0. The third kappa shape index (κ3) is 4.77. The van der Waals surface area contributed by atoms with E-state index in [1.165, 1.54) is 24.8 Å². The van der Waals surface area contributed by atoms with Gasteiger partial charge in [0.1, 0.15) is 5.75 Å². The molecule has 1 atom stereocenters. The molecule has 2 aromatic rings. The Morgan fingerprint density at radius 3 is 2.68 bits per heavy atom. The summed E-state index contributed by atoms with van der Waals surface area (Å²) in [4.78, 5) is 11.3. The predicted octanol–water partition coefficient (Wildman–Crippen LogP) is 6.91. The van der Waals surface area contributed by atoms with Gasteiger partial charge in [-0.3, -0.25) is 0 Å². The van der Waals surface area contributed by atoms with Crippen LogP contribution in [0.15, 0.2) is 22.9 Å². The van der Waals surface area contributed by atoms with Crippen LogP contribution in [-0.4, -0.2) is 6.09 Å². The maximum absolute atomic E-state index is 11.3. The van der Waals surface area contributed by atoms with Gasteiger partial charge in [-0.15, -0.1) is 0 Å². The lowest BCUT2D eigenvalue weighted by molar-refractivity contribution is 0.211. The van der Waals surface area contributed by atoms with E-state index in [0.717, 1.165) is 29.5 Å².